The second kappa shape index (κ2) is 4.94. The number of carbonyl (C=O) groups excluding carboxylic acids is 1. The van der Waals surface area contributed by atoms with Crippen molar-refractivity contribution in [2.45, 2.75) is 27.3 Å². The standard InChI is InChI=1S/C12H18N2O/c1-8(2)12(15)14-11-5-4-10(7-13)6-9(11)3/h4-6,8H,7,13H2,1-3H3,(H,14,15). The molecule has 82 valence electrons. The van der Waals surface area contributed by atoms with Gasteiger partial charge in [-0.25, -0.2) is 0 Å². The molecule has 0 radical (unpaired) electrons. The first-order valence-electron chi connectivity index (χ1n) is 5.15. The Bertz CT molecular complexity index is 359. The summed E-state index contributed by atoms with van der Waals surface area (Å²) in [6.45, 7) is 6.24. The van der Waals surface area contributed by atoms with Crippen LogP contribution in [0.2, 0.25) is 0 Å². The highest BCUT2D eigenvalue weighted by Crippen LogP contribution is 2.17. The summed E-state index contributed by atoms with van der Waals surface area (Å²) in [6, 6.07) is 5.83. The Kier molecular flexibility index (Phi) is 3.86. The molecular weight excluding hydrogens is 188 g/mol. The third kappa shape index (κ3) is 3.06. The minimum Gasteiger partial charge on any atom is -0.326 e. The molecule has 3 N–H and O–H groups in total. The Hall–Kier alpha value is -1.35. The fraction of sp³-hybridized carbons (Fsp3) is 0.417. The molecule has 0 aliphatic heterocycles. The largest absolute Gasteiger partial charge is 0.326 e. The Morgan fingerprint density at radius 3 is 2.60 bits per heavy atom. The molecule has 1 amide bonds. The molecule has 0 heterocycles. The van der Waals surface area contributed by atoms with E-state index in [1.54, 1.807) is 0 Å². The molecule has 0 unspecified atom stereocenters. The number of nitrogens with one attached hydrogen (secondary N) is 1. The molecule has 15 heavy (non-hydrogen) atoms. The first-order chi connectivity index (χ1) is 7.04. The molecular formula is C12H18N2O. The summed E-state index contributed by atoms with van der Waals surface area (Å²) >= 11 is 0. The molecule has 0 aromatic heterocycles. The zero-order valence-corrected chi connectivity index (χ0v) is 9.50. The third-order valence-corrected chi connectivity index (χ3v) is 2.31. The summed E-state index contributed by atoms with van der Waals surface area (Å²) in [4.78, 5) is 11.5. The van der Waals surface area contributed by atoms with E-state index < -0.39 is 0 Å². The van der Waals surface area contributed by atoms with Crippen molar-refractivity contribution < 1.29 is 4.79 Å². The molecule has 3 nitrogen and oxygen atoms in total. The van der Waals surface area contributed by atoms with E-state index in [1.165, 1.54) is 0 Å². The normalized spacial score (nSPS) is 10.5. The highest BCUT2D eigenvalue weighted by Gasteiger charge is 2.08. The molecule has 0 fully saturated rings. The minimum absolute atomic E-state index is 0.00131. The molecule has 0 spiro atoms. The van der Waals surface area contributed by atoms with Gasteiger partial charge in [0.05, 0.1) is 0 Å². The van der Waals surface area contributed by atoms with Crippen LogP contribution in [0.4, 0.5) is 5.69 Å². The molecule has 1 aromatic carbocycles. The Labute approximate surface area is 90.7 Å². The van der Waals surface area contributed by atoms with E-state index in [0.717, 1.165) is 16.8 Å². The first kappa shape index (κ1) is 11.7. The number of hydrogen-bond acceptors (Lipinski definition) is 2. The predicted molar refractivity (Wildman–Crippen MR) is 62.5 cm³/mol. The number of amides is 1. The average molecular weight is 206 g/mol. The highest BCUT2D eigenvalue weighted by atomic mass is 16.1. The van der Waals surface area contributed by atoms with Gasteiger partial charge in [-0.3, -0.25) is 4.79 Å². The summed E-state index contributed by atoms with van der Waals surface area (Å²) < 4.78 is 0. The van der Waals surface area contributed by atoms with Gasteiger partial charge >= 0.3 is 0 Å². The lowest BCUT2D eigenvalue weighted by molar-refractivity contribution is -0.118. The maximum Gasteiger partial charge on any atom is 0.226 e. The summed E-state index contributed by atoms with van der Waals surface area (Å²) in [6.07, 6.45) is 0. The maximum atomic E-state index is 11.5. The van der Waals surface area contributed by atoms with E-state index in [9.17, 15) is 4.79 Å². The van der Waals surface area contributed by atoms with Gasteiger partial charge in [0.2, 0.25) is 5.91 Å². The number of anilines is 1. The van der Waals surface area contributed by atoms with Gasteiger partial charge in [0.15, 0.2) is 0 Å². The van der Waals surface area contributed by atoms with Crippen LogP contribution in [0.3, 0.4) is 0 Å². The molecule has 0 aliphatic rings. The van der Waals surface area contributed by atoms with E-state index in [4.69, 9.17) is 5.73 Å². The van der Waals surface area contributed by atoms with Crippen molar-refractivity contribution in [3.05, 3.63) is 29.3 Å². The maximum absolute atomic E-state index is 11.5. The summed E-state index contributed by atoms with van der Waals surface area (Å²) in [5, 5.41) is 2.88. The Morgan fingerprint density at radius 2 is 2.13 bits per heavy atom. The van der Waals surface area contributed by atoms with Crippen molar-refractivity contribution in [3.8, 4) is 0 Å². The van der Waals surface area contributed by atoms with E-state index in [-0.39, 0.29) is 11.8 Å². The van der Waals surface area contributed by atoms with Gasteiger partial charge in [0, 0.05) is 18.2 Å². The van der Waals surface area contributed by atoms with Crippen LogP contribution < -0.4 is 11.1 Å². The number of hydrogen-bond donors (Lipinski definition) is 2. The Morgan fingerprint density at radius 1 is 1.47 bits per heavy atom. The average Bonchev–Trinajstić information content (AvgIpc) is 2.20. The number of aryl methyl sites for hydroxylation is 1. The third-order valence-electron chi connectivity index (χ3n) is 2.31. The van der Waals surface area contributed by atoms with Crippen LogP contribution in [0.15, 0.2) is 18.2 Å². The topological polar surface area (TPSA) is 55.1 Å². The SMILES string of the molecule is Cc1cc(CN)ccc1NC(=O)C(C)C. The number of nitrogens with two attached hydrogens (primary N) is 1. The summed E-state index contributed by atoms with van der Waals surface area (Å²) in [7, 11) is 0. The first-order valence-corrected chi connectivity index (χ1v) is 5.15. The van der Waals surface area contributed by atoms with Crippen LogP contribution >= 0.6 is 0 Å². The van der Waals surface area contributed by atoms with Gasteiger partial charge in [-0.15, -0.1) is 0 Å². The van der Waals surface area contributed by atoms with Crippen molar-refractivity contribution in [3.63, 3.8) is 0 Å². The van der Waals surface area contributed by atoms with E-state index in [2.05, 4.69) is 5.32 Å². The van der Waals surface area contributed by atoms with Gasteiger partial charge < -0.3 is 11.1 Å². The van der Waals surface area contributed by atoms with Crippen LogP contribution in [0, 0.1) is 12.8 Å². The second-order valence-electron chi connectivity index (χ2n) is 4.00. The predicted octanol–water partition coefficient (Wildman–Crippen LogP) is 2.05. The van der Waals surface area contributed by atoms with Crippen molar-refractivity contribution in [2.24, 2.45) is 11.7 Å². The van der Waals surface area contributed by atoms with Crippen LogP contribution in [0.25, 0.3) is 0 Å². The van der Waals surface area contributed by atoms with Crippen LogP contribution in [0.5, 0.6) is 0 Å². The smallest absolute Gasteiger partial charge is 0.226 e. The fourth-order valence-electron chi connectivity index (χ4n) is 1.27. The monoisotopic (exact) mass is 206 g/mol. The lowest BCUT2D eigenvalue weighted by Crippen LogP contribution is -2.18. The van der Waals surface area contributed by atoms with Gasteiger partial charge in [-0.1, -0.05) is 26.0 Å². The quantitative estimate of drug-likeness (QED) is 0.795. The van der Waals surface area contributed by atoms with Gasteiger partial charge in [0.1, 0.15) is 0 Å². The van der Waals surface area contributed by atoms with E-state index in [0.29, 0.717) is 6.54 Å². The van der Waals surface area contributed by atoms with Crippen LogP contribution in [-0.2, 0) is 11.3 Å². The Balaban J connectivity index is 2.83. The number of benzene rings is 1. The fourth-order valence-corrected chi connectivity index (χ4v) is 1.27. The van der Waals surface area contributed by atoms with Gasteiger partial charge in [-0.2, -0.15) is 0 Å². The second-order valence-corrected chi connectivity index (χ2v) is 4.00. The van der Waals surface area contributed by atoms with Crippen molar-refractivity contribution in [2.75, 3.05) is 5.32 Å². The lowest BCUT2D eigenvalue weighted by Gasteiger charge is -2.11. The van der Waals surface area contributed by atoms with E-state index >= 15 is 0 Å². The molecule has 3 heteroatoms. The molecule has 1 aromatic rings. The zero-order chi connectivity index (χ0) is 11.4. The number of carbonyl (C=O) groups is 1. The highest BCUT2D eigenvalue weighted by molar-refractivity contribution is 5.92. The summed E-state index contributed by atoms with van der Waals surface area (Å²) in [5.41, 5.74) is 8.52. The van der Waals surface area contributed by atoms with Gasteiger partial charge in [-0.05, 0) is 24.1 Å². The molecule has 0 saturated carbocycles. The van der Waals surface area contributed by atoms with Gasteiger partial charge in [0.25, 0.3) is 0 Å². The lowest BCUT2D eigenvalue weighted by atomic mass is 10.1. The number of rotatable bonds is 3. The molecule has 1 rings (SSSR count). The van der Waals surface area contributed by atoms with Crippen molar-refractivity contribution >= 4 is 11.6 Å². The molecule has 0 atom stereocenters. The zero-order valence-electron chi connectivity index (χ0n) is 9.50. The molecule has 0 bridgehead atoms. The summed E-state index contributed by atoms with van der Waals surface area (Å²) in [5.74, 6) is 0.0391. The van der Waals surface area contributed by atoms with E-state index in [1.807, 2.05) is 39.0 Å². The minimum atomic E-state index is -0.00131. The van der Waals surface area contributed by atoms with Crippen molar-refractivity contribution in [1.82, 2.24) is 0 Å². The molecule has 0 saturated heterocycles. The van der Waals surface area contributed by atoms with Crippen molar-refractivity contribution in [1.29, 1.82) is 0 Å². The van der Waals surface area contributed by atoms with Crippen LogP contribution in [-0.4, -0.2) is 5.91 Å². The van der Waals surface area contributed by atoms with Crippen LogP contribution in [0.1, 0.15) is 25.0 Å². The molecule has 0 aliphatic carbocycles.